The molecule has 1 aromatic rings. The minimum atomic E-state index is -0.113. The molecule has 2 heterocycles. The van der Waals surface area contributed by atoms with Gasteiger partial charge in [0.15, 0.2) is 0 Å². The van der Waals surface area contributed by atoms with Crippen LogP contribution in [0.15, 0.2) is 5.38 Å². The zero-order chi connectivity index (χ0) is 12.3. The summed E-state index contributed by atoms with van der Waals surface area (Å²) in [4.78, 5) is 18.3. The largest absolute Gasteiger partial charge is 0.468 e. The molecule has 17 heavy (non-hydrogen) atoms. The first-order valence-electron chi connectivity index (χ1n) is 5.93. The average Bonchev–Trinajstić information content (AvgIpc) is 2.74. The molecule has 1 saturated heterocycles. The number of nitrogens with zero attached hydrogens (tertiary/aromatic N) is 2. The summed E-state index contributed by atoms with van der Waals surface area (Å²) >= 11 is 1.66. The maximum absolute atomic E-state index is 11.7. The zero-order valence-corrected chi connectivity index (χ0v) is 11.1. The van der Waals surface area contributed by atoms with Gasteiger partial charge in [0.25, 0.3) is 0 Å². The van der Waals surface area contributed by atoms with Gasteiger partial charge in [0.1, 0.15) is 11.0 Å². The van der Waals surface area contributed by atoms with E-state index in [9.17, 15) is 4.79 Å². The SMILES string of the molecule is COC(=O)[C@H]1CCCCN1Cc1nc(C)cs1. The molecule has 4 nitrogen and oxygen atoms in total. The van der Waals surface area contributed by atoms with Crippen LogP contribution in [0.25, 0.3) is 0 Å². The van der Waals surface area contributed by atoms with Crippen LogP contribution in [0.1, 0.15) is 30.0 Å². The summed E-state index contributed by atoms with van der Waals surface area (Å²) in [6.45, 7) is 3.71. The highest BCUT2D eigenvalue weighted by atomic mass is 32.1. The normalized spacial score (nSPS) is 21.4. The number of ether oxygens (including phenoxy) is 1. The van der Waals surface area contributed by atoms with Crippen molar-refractivity contribution < 1.29 is 9.53 Å². The van der Waals surface area contributed by atoms with E-state index >= 15 is 0 Å². The van der Waals surface area contributed by atoms with Crippen molar-refractivity contribution in [2.75, 3.05) is 13.7 Å². The molecule has 0 aromatic carbocycles. The van der Waals surface area contributed by atoms with Crippen LogP contribution < -0.4 is 0 Å². The topological polar surface area (TPSA) is 42.4 Å². The molecule has 0 saturated carbocycles. The monoisotopic (exact) mass is 254 g/mol. The van der Waals surface area contributed by atoms with Crippen molar-refractivity contribution in [1.29, 1.82) is 0 Å². The summed E-state index contributed by atoms with van der Waals surface area (Å²) in [5.41, 5.74) is 1.05. The number of carbonyl (C=O) groups excluding carboxylic acids is 1. The van der Waals surface area contributed by atoms with E-state index in [1.165, 1.54) is 7.11 Å². The second-order valence-corrected chi connectivity index (χ2v) is 5.33. The number of rotatable bonds is 3. The Balaban J connectivity index is 2.03. The standard InChI is InChI=1S/C12H18N2O2S/c1-9-8-17-11(13-9)7-14-6-4-3-5-10(14)12(15)16-2/h8,10H,3-7H2,1-2H3/t10-/m1/s1. The van der Waals surface area contributed by atoms with Crippen molar-refractivity contribution >= 4 is 17.3 Å². The van der Waals surface area contributed by atoms with Crippen molar-refractivity contribution in [2.45, 2.75) is 38.8 Å². The Hall–Kier alpha value is -0.940. The van der Waals surface area contributed by atoms with Crippen LogP contribution >= 0.6 is 11.3 Å². The third-order valence-corrected chi connectivity index (χ3v) is 4.04. The summed E-state index contributed by atoms with van der Waals surface area (Å²) in [7, 11) is 1.46. The molecule has 0 bridgehead atoms. The van der Waals surface area contributed by atoms with Crippen LogP contribution in [0.2, 0.25) is 0 Å². The molecule has 2 rings (SSSR count). The van der Waals surface area contributed by atoms with Crippen LogP contribution in [-0.4, -0.2) is 35.5 Å². The summed E-state index contributed by atoms with van der Waals surface area (Å²) in [5.74, 6) is -0.113. The number of aromatic nitrogens is 1. The van der Waals surface area contributed by atoms with Crippen molar-refractivity contribution in [3.05, 3.63) is 16.1 Å². The van der Waals surface area contributed by atoms with Gasteiger partial charge >= 0.3 is 5.97 Å². The molecule has 1 atom stereocenters. The minimum Gasteiger partial charge on any atom is -0.468 e. The van der Waals surface area contributed by atoms with Crippen molar-refractivity contribution in [3.8, 4) is 0 Å². The van der Waals surface area contributed by atoms with E-state index in [0.29, 0.717) is 0 Å². The molecular weight excluding hydrogens is 236 g/mol. The molecule has 94 valence electrons. The molecule has 0 spiro atoms. The Bertz CT molecular complexity index is 392. The number of hydrogen-bond acceptors (Lipinski definition) is 5. The minimum absolute atomic E-state index is 0.0852. The number of hydrogen-bond donors (Lipinski definition) is 0. The Morgan fingerprint density at radius 3 is 3.12 bits per heavy atom. The number of piperidine rings is 1. The smallest absolute Gasteiger partial charge is 0.323 e. The van der Waals surface area contributed by atoms with Crippen LogP contribution in [0.4, 0.5) is 0 Å². The molecular formula is C12H18N2O2S. The highest BCUT2D eigenvalue weighted by molar-refractivity contribution is 7.09. The quantitative estimate of drug-likeness (QED) is 0.774. The van der Waals surface area contributed by atoms with Crippen molar-refractivity contribution in [2.24, 2.45) is 0 Å². The Morgan fingerprint density at radius 2 is 2.47 bits per heavy atom. The van der Waals surface area contributed by atoms with Crippen LogP contribution in [0, 0.1) is 6.92 Å². The predicted molar refractivity (Wildman–Crippen MR) is 66.9 cm³/mol. The highest BCUT2D eigenvalue weighted by Crippen LogP contribution is 2.21. The Labute approximate surface area is 106 Å². The van der Waals surface area contributed by atoms with E-state index in [4.69, 9.17) is 4.74 Å². The molecule has 1 fully saturated rings. The van der Waals surface area contributed by atoms with E-state index in [1.807, 2.05) is 12.3 Å². The number of esters is 1. The van der Waals surface area contributed by atoms with E-state index in [1.54, 1.807) is 11.3 Å². The van der Waals surface area contributed by atoms with Crippen molar-refractivity contribution in [1.82, 2.24) is 9.88 Å². The number of thiazole rings is 1. The lowest BCUT2D eigenvalue weighted by molar-refractivity contribution is -0.148. The number of likely N-dealkylation sites (tertiary alicyclic amines) is 1. The predicted octanol–water partition coefficient (Wildman–Crippen LogP) is 1.98. The van der Waals surface area contributed by atoms with E-state index in [0.717, 1.165) is 43.1 Å². The summed E-state index contributed by atoms with van der Waals surface area (Å²) in [6.07, 6.45) is 3.15. The lowest BCUT2D eigenvalue weighted by Gasteiger charge is -2.32. The number of carbonyl (C=O) groups is 1. The molecule has 0 N–H and O–H groups in total. The maximum atomic E-state index is 11.7. The lowest BCUT2D eigenvalue weighted by atomic mass is 10.0. The summed E-state index contributed by atoms with van der Waals surface area (Å²) in [5, 5.41) is 3.13. The second kappa shape index (κ2) is 5.60. The summed E-state index contributed by atoms with van der Waals surface area (Å²) < 4.78 is 4.87. The van der Waals surface area contributed by atoms with Gasteiger partial charge in [-0.15, -0.1) is 11.3 Å². The molecule has 0 aliphatic carbocycles. The van der Waals surface area contributed by atoms with Crippen molar-refractivity contribution in [3.63, 3.8) is 0 Å². The van der Waals surface area contributed by atoms with Crippen LogP contribution in [-0.2, 0) is 16.1 Å². The summed E-state index contributed by atoms with van der Waals surface area (Å²) in [6, 6.07) is -0.0852. The van der Waals surface area contributed by atoms with Gasteiger partial charge in [-0.25, -0.2) is 4.98 Å². The number of aryl methyl sites for hydroxylation is 1. The van der Waals surface area contributed by atoms with Gasteiger partial charge < -0.3 is 4.74 Å². The molecule has 1 aliphatic heterocycles. The first-order valence-corrected chi connectivity index (χ1v) is 6.81. The molecule has 5 heteroatoms. The molecule has 1 aliphatic rings. The zero-order valence-electron chi connectivity index (χ0n) is 10.3. The molecule has 0 unspecified atom stereocenters. The maximum Gasteiger partial charge on any atom is 0.323 e. The third-order valence-electron chi connectivity index (χ3n) is 3.09. The van der Waals surface area contributed by atoms with Gasteiger partial charge in [-0.05, 0) is 26.3 Å². The van der Waals surface area contributed by atoms with Gasteiger partial charge in [-0.1, -0.05) is 6.42 Å². The van der Waals surface area contributed by atoms with Crippen LogP contribution in [0.3, 0.4) is 0 Å². The van der Waals surface area contributed by atoms with E-state index in [2.05, 4.69) is 9.88 Å². The highest BCUT2D eigenvalue weighted by Gasteiger charge is 2.29. The van der Waals surface area contributed by atoms with Gasteiger partial charge in [-0.3, -0.25) is 9.69 Å². The first kappa shape index (κ1) is 12.5. The van der Waals surface area contributed by atoms with Gasteiger partial charge in [0.05, 0.1) is 13.7 Å². The van der Waals surface area contributed by atoms with Gasteiger partial charge in [0.2, 0.25) is 0 Å². The fourth-order valence-electron chi connectivity index (χ4n) is 2.23. The van der Waals surface area contributed by atoms with Crippen LogP contribution in [0.5, 0.6) is 0 Å². The molecule has 0 radical (unpaired) electrons. The Morgan fingerprint density at radius 1 is 1.65 bits per heavy atom. The molecule has 0 amide bonds. The lowest BCUT2D eigenvalue weighted by Crippen LogP contribution is -2.44. The van der Waals surface area contributed by atoms with Gasteiger partial charge in [0, 0.05) is 11.1 Å². The third kappa shape index (κ3) is 3.04. The second-order valence-electron chi connectivity index (χ2n) is 4.39. The van der Waals surface area contributed by atoms with Gasteiger partial charge in [-0.2, -0.15) is 0 Å². The fourth-order valence-corrected chi connectivity index (χ4v) is 3.03. The average molecular weight is 254 g/mol. The Kier molecular flexibility index (Phi) is 4.12. The fraction of sp³-hybridized carbons (Fsp3) is 0.667. The first-order chi connectivity index (χ1) is 8.20. The van der Waals surface area contributed by atoms with E-state index in [-0.39, 0.29) is 12.0 Å². The molecule has 1 aromatic heterocycles. The van der Waals surface area contributed by atoms with E-state index < -0.39 is 0 Å². The number of methoxy groups -OCH3 is 1.